The van der Waals surface area contributed by atoms with Crippen LogP contribution in [0.5, 0.6) is 0 Å². The molecular formula is C14H20FN. The van der Waals surface area contributed by atoms with E-state index in [2.05, 4.69) is 19.2 Å². The van der Waals surface area contributed by atoms with E-state index in [9.17, 15) is 4.39 Å². The van der Waals surface area contributed by atoms with Crippen LogP contribution in [0.4, 0.5) is 4.39 Å². The van der Waals surface area contributed by atoms with E-state index in [1.54, 1.807) is 12.1 Å². The van der Waals surface area contributed by atoms with Crippen LogP contribution in [0, 0.1) is 11.7 Å². The average molecular weight is 221 g/mol. The molecule has 0 aromatic heterocycles. The number of benzene rings is 1. The number of fused-ring (bicyclic) bond motifs is 1. The van der Waals surface area contributed by atoms with Crippen molar-refractivity contribution in [2.75, 3.05) is 6.54 Å². The fourth-order valence-electron chi connectivity index (χ4n) is 2.61. The van der Waals surface area contributed by atoms with Crippen molar-refractivity contribution in [2.24, 2.45) is 5.92 Å². The van der Waals surface area contributed by atoms with Gasteiger partial charge in [0.15, 0.2) is 0 Å². The summed E-state index contributed by atoms with van der Waals surface area (Å²) in [6.45, 7) is 5.33. The van der Waals surface area contributed by atoms with Crippen LogP contribution < -0.4 is 5.32 Å². The topological polar surface area (TPSA) is 12.0 Å². The summed E-state index contributed by atoms with van der Waals surface area (Å²) in [5.41, 5.74) is 2.49. The van der Waals surface area contributed by atoms with E-state index in [1.807, 2.05) is 6.07 Å². The molecule has 2 unspecified atom stereocenters. The largest absolute Gasteiger partial charge is 0.310 e. The first-order chi connectivity index (χ1) is 7.70. The molecule has 2 heteroatoms. The maximum absolute atomic E-state index is 13.3. The standard InChI is InChI=1S/C14H20FN/c1-3-16-14-8-10(2)4-5-11-6-7-12(15)9-13(11)14/h6-7,9-10,14,16H,3-5,8H2,1-2H3. The average Bonchev–Trinajstić information content (AvgIpc) is 2.40. The highest BCUT2D eigenvalue weighted by Gasteiger charge is 2.21. The van der Waals surface area contributed by atoms with E-state index >= 15 is 0 Å². The van der Waals surface area contributed by atoms with Crippen molar-refractivity contribution in [1.82, 2.24) is 5.32 Å². The van der Waals surface area contributed by atoms with Crippen molar-refractivity contribution in [3.63, 3.8) is 0 Å². The summed E-state index contributed by atoms with van der Waals surface area (Å²) in [6.07, 6.45) is 3.41. The van der Waals surface area contributed by atoms with Gasteiger partial charge in [-0.3, -0.25) is 0 Å². The fraction of sp³-hybridized carbons (Fsp3) is 0.571. The zero-order valence-corrected chi connectivity index (χ0v) is 10.1. The van der Waals surface area contributed by atoms with Crippen molar-refractivity contribution < 1.29 is 4.39 Å². The monoisotopic (exact) mass is 221 g/mol. The van der Waals surface area contributed by atoms with Crippen LogP contribution in [0.1, 0.15) is 43.9 Å². The minimum atomic E-state index is -0.115. The maximum atomic E-state index is 13.3. The van der Waals surface area contributed by atoms with Crippen LogP contribution in [0.3, 0.4) is 0 Å². The van der Waals surface area contributed by atoms with Gasteiger partial charge < -0.3 is 5.32 Å². The Kier molecular flexibility index (Phi) is 3.59. The molecular weight excluding hydrogens is 201 g/mol. The molecule has 0 spiro atoms. The third kappa shape index (κ3) is 2.43. The van der Waals surface area contributed by atoms with Crippen molar-refractivity contribution in [1.29, 1.82) is 0 Å². The summed E-state index contributed by atoms with van der Waals surface area (Å²) in [4.78, 5) is 0. The van der Waals surface area contributed by atoms with E-state index in [0.29, 0.717) is 12.0 Å². The van der Waals surface area contributed by atoms with Gasteiger partial charge >= 0.3 is 0 Å². The van der Waals surface area contributed by atoms with Gasteiger partial charge in [-0.25, -0.2) is 4.39 Å². The van der Waals surface area contributed by atoms with Gasteiger partial charge in [-0.2, -0.15) is 0 Å². The summed E-state index contributed by atoms with van der Waals surface area (Å²) in [6, 6.07) is 5.57. The second kappa shape index (κ2) is 4.96. The second-order valence-corrected chi connectivity index (χ2v) is 4.83. The van der Waals surface area contributed by atoms with Crippen LogP contribution >= 0.6 is 0 Å². The summed E-state index contributed by atoms with van der Waals surface area (Å²) in [5, 5.41) is 3.47. The van der Waals surface area contributed by atoms with Gasteiger partial charge in [0, 0.05) is 6.04 Å². The smallest absolute Gasteiger partial charge is 0.123 e. The van der Waals surface area contributed by atoms with E-state index in [1.165, 1.54) is 17.5 Å². The minimum absolute atomic E-state index is 0.115. The lowest BCUT2D eigenvalue weighted by atomic mass is 9.97. The molecule has 0 bridgehead atoms. The van der Waals surface area contributed by atoms with Gasteiger partial charge in [0.2, 0.25) is 0 Å². The second-order valence-electron chi connectivity index (χ2n) is 4.83. The van der Waals surface area contributed by atoms with Crippen LogP contribution in [0.2, 0.25) is 0 Å². The number of hydrogen-bond acceptors (Lipinski definition) is 1. The molecule has 1 aromatic rings. The van der Waals surface area contributed by atoms with Crippen LogP contribution in [0.15, 0.2) is 18.2 Å². The molecule has 0 amide bonds. The lowest BCUT2D eigenvalue weighted by molar-refractivity contribution is 0.414. The molecule has 2 rings (SSSR count). The molecule has 1 nitrogen and oxygen atoms in total. The molecule has 0 fully saturated rings. The lowest BCUT2D eigenvalue weighted by Gasteiger charge is -2.20. The molecule has 2 atom stereocenters. The summed E-state index contributed by atoms with van der Waals surface area (Å²) < 4.78 is 13.3. The van der Waals surface area contributed by atoms with E-state index in [-0.39, 0.29) is 5.82 Å². The quantitative estimate of drug-likeness (QED) is 0.754. The van der Waals surface area contributed by atoms with Crippen molar-refractivity contribution in [2.45, 2.75) is 39.2 Å². The minimum Gasteiger partial charge on any atom is -0.310 e. The number of aryl methyl sites for hydroxylation is 1. The Morgan fingerprint density at radius 3 is 3.00 bits per heavy atom. The highest BCUT2D eigenvalue weighted by atomic mass is 19.1. The maximum Gasteiger partial charge on any atom is 0.123 e. The van der Waals surface area contributed by atoms with Gasteiger partial charge in [0.05, 0.1) is 0 Å². The molecule has 16 heavy (non-hydrogen) atoms. The Morgan fingerprint density at radius 2 is 2.25 bits per heavy atom. The van der Waals surface area contributed by atoms with E-state index < -0.39 is 0 Å². The lowest BCUT2D eigenvalue weighted by Crippen LogP contribution is -2.22. The van der Waals surface area contributed by atoms with Gasteiger partial charge in [0.1, 0.15) is 5.82 Å². The van der Waals surface area contributed by atoms with Crippen molar-refractivity contribution in [3.05, 3.63) is 35.1 Å². The molecule has 1 aliphatic carbocycles. The zero-order valence-electron chi connectivity index (χ0n) is 10.1. The van der Waals surface area contributed by atoms with Crippen molar-refractivity contribution >= 4 is 0 Å². The van der Waals surface area contributed by atoms with Gasteiger partial charge in [-0.05, 0) is 55.0 Å². The molecule has 0 radical (unpaired) electrons. The molecule has 0 saturated carbocycles. The first-order valence-electron chi connectivity index (χ1n) is 6.22. The van der Waals surface area contributed by atoms with E-state index in [0.717, 1.165) is 19.4 Å². The highest BCUT2D eigenvalue weighted by Crippen LogP contribution is 2.32. The van der Waals surface area contributed by atoms with Crippen LogP contribution in [-0.4, -0.2) is 6.54 Å². The summed E-state index contributed by atoms with van der Waals surface area (Å²) >= 11 is 0. The van der Waals surface area contributed by atoms with Gasteiger partial charge in [-0.1, -0.05) is 19.9 Å². The fourth-order valence-corrected chi connectivity index (χ4v) is 2.61. The molecule has 0 saturated heterocycles. The molecule has 0 aliphatic heterocycles. The van der Waals surface area contributed by atoms with Crippen LogP contribution in [-0.2, 0) is 6.42 Å². The summed E-state index contributed by atoms with van der Waals surface area (Å²) in [5.74, 6) is 0.593. The van der Waals surface area contributed by atoms with E-state index in [4.69, 9.17) is 0 Å². The number of nitrogens with one attached hydrogen (secondary N) is 1. The molecule has 1 aromatic carbocycles. The van der Waals surface area contributed by atoms with Gasteiger partial charge in [-0.15, -0.1) is 0 Å². The van der Waals surface area contributed by atoms with Gasteiger partial charge in [0.25, 0.3) is 0 Å². The first kappa shape index (κ1) is 11.6. The predicted octanol–water partition coefficient (Wildman–Crippen LogP) is 3.45. The molecule has 88 valence electrons. The van der Waals surface area contributed by atoms with Crippen LogP contribution in [0.25, 0.3) is 0 Å². The normalized spacial score (nSPS) is 24.9. The first-order valence-corrected chi connectivity index (χ1v) is 6.22. The number of halogens is 1. The van der Waals surface area contributed by atoms with Crippen molar-refractivity contribution in [3.8, 4) is 0 Å². The SMILES string of the molecule is CCNC1CC(C)CCc2ccc(F)cc21. The Labute approximate surface area is 97.1 Å². The Bertz CT molecular complexity index is 362. The molecule has 0 heterocycles. The number of hydrogen-bond donors (Lipinski definition) is 1. The Hall–Kier alpha value is -0.890. The summed E-state index contributed by atoms with van der Waals surface area (Å²) in [7, 11) is 0. The molecule has 1 aliphatic rings. The number of rotatable bonds is 2. The third-order valence-electron chi connectivity index (χ3n) is 3.48. The Balaban J connectivity index is 2.34. The molecule has 1 N–H and O–H groups in total. The Morgan fingerprint density at radius 1 is 1.44 bits per heavy atom. The predicted molar refractivity (Wildman–Crippen MR) is 64.9 cm³/mol. The zero-order chi connectivity index (χ0) is 11.5. The highest BCUT2D eigenvalue weighted by molar-refractivity contribution is 5.32. The third-order valence-corrected chi connectivity index (χ3v) is 3.48.